The average molecular weight is 202 g/mol. The molecule has 0 aliphatic rings. The molecule has 0 aliphatic heterocycles. The lowest BCUT2D eigenvalue weighted by atomic mass is 10.2. The van der Waals surface area contributed by atoms with Crippen molar-refractivity contribution in [2.75, 3.05) is 20.2 Å². The quantitative estimate of drug-likeness (QED) is 0.577. The van der Waals surface area contributed by atoms with Gasteiger partial charge in [0.25, 0.3) is 0 Å². The molecule has 5 nitrogen and oxygen atoms in total. The van der Waals surface area contributed by atoms with E-state index in [4.69, 9.17) is 5.73 Å². The lowest BCUT2D eigenvalue weighted by Gasteiger charge is -2.09. The molecule has 0 aromatic heterocycles. The van der Waals surface area contributed by atoms with E-state index in [1.807, 2.05) is 0 Å². The van der Waals surface area contributed by atoms with Gasteiger partial charge in [-0.3, -0.25) is 9.59 Å². The third-order valence-electron chi connectivity index (χ3n) is 1.82. The number of amides is 1. The SMILES string of the molecule is COC(=O)C(C)CNC(=O)CCCN. The van der Waals surface area contributed by atoms with Gasteiger partial charge in [-0.2, -0.15) is 0 Å². The second-order valence-corrected chi connectivity index (χ2v) is 3.12. The molecule has 3 N–H and O–H groups in total. The molecular weight excluding hydrogens is 184 g/mol. The number of nitrogens with two attached hydrogens (primary N) is 1. The van der Waals surface area contributed by atoms with Crippen molar-refractivity contribution in [3.05, 3.63) is 0 Å². The summed E-state index contributed by atoms with van der Waals surface area (Å²) in [7, 11) is 1.33. The molecule has 82 valence electrons. The highest BCUT2D eigenvalue weighted by molar-refractivity contribution is 5.77. The van der Waals surface area contributed by atoms with E-state index in [-0.39, 0.29) is 17.8 Å². The fourth-order valence-corrected chi connectivity index (χ4v) is 0.902. The van der Waals surface area contributed by atoms with Crippen molar-refractivity contribution in [2.45, 2.75) is 19.8 Å². The first-order valence-electron chi connectivity index (χ1n) is 4.66. The minimum absolute atomic E-state index is 0.0776. The number of rotatable bonds is 6. The fraction of sp³-hybridized carbons (Fsp3) is 0.778. The Bertz CT molecular complexity index is 194. The van der Waals surface area contributed by atoms with Gasteiger partial charge in [0.15, 0.2) is 0 Å². The number of nitrogens with one attached hydrogen (secondary N) is 1. The van der Waals surface area contributed by atoms with E-state index in [0.29, 0.717) is 25.9 Å². The summed E-state index contributed by atoms with van der Waals surface area (Å²) in [5, 5.41) is 2.64. The molecule has 5 heteroatoms. The van der Waals surface area contributed by atoms with Crippen LogP contribution in [0.15, 0.2) is 0 Å². The van der Waals surface area contributed by atoms with Gasteiger partial charge in [0.05, 0.1) is 13.0 Å². The third-order valence-corrected chi connectivity index (χ3v) is 1.82. The van der Waals surface area contributed by atoms with Gasteiger partial charge in [-0.1, -0.05) is 6.92 Å². The largest absolute Gasteiger partial charge is 0.469 e. The summed E-state index contributed by atoms with van der Waals surface area (Å²) in [6, 6.07) is 0. The van der Waals surface area contributed by atoms with Crippen molar-refractivity contribution in [3.8, 4) is 0 Å². The Labute approximate surface area is 84.0 Å². The van der Waals surface area contributed by atoms with E-state index in [1.165, 1.54) is 7.11 Å². The Morgan fingerprint density at radius 2 is 2.14 bits per heavy atom. The maximum atomic E-state index is 11.1. The maximum absolute atomic E-state index is 11.1. The normalized spacial score (nSPS) is 11.9. The highest BCUT2D eigenvalue weighted by Crippen LogP contribution is 1.95. The van der Waals surface area contributed by atoms with Crippen molar-refractivity contribution in [3.63, 3.8) is 0 Å². The van der Waals surface area contributed by atoms with Gasteiger partial charge >= 0.3 is 5.97 Å². The van der Waals surface area contributed by atoms with E-state index in [1.54, 1.807) is 6.92 Å². The Morgan fingerprint density at radius 3 is 2.64 bits per heavy atom. The van der Waals surface area contributed by atoms with E-state index in [0.717, 1.165) is 0 Å². The van der Waals surface area contributed by atoms with Crippen molar-refractivity contribution in [2.24, 2.45) is 11.7 Å². The Morgan fingerprint density at radius 1 is 1.50 bits per heavy atom. The first kappa shape index (κ1) is 12.9. The predicted molar refractivity (Wildman–Crippen MR) is 52.5 cm³/mol. The number of carbonyl (C=O) groups excluding carboxylic acids is 2. The zero-order valence-corrected chi connectivity index (χ0v) is 8.71. The van der Waals surface area contributed by atoms with Gasteiger partial charge < -0.3 is 15.8 Å². The van der Waals surface area contributed by atoms with E-state index in [2.05, 4.69) is 10.1 Å². The van der Waals surface area contributed by atoms with Crippen LogP contribution in [0, 0.1) is 5.92 Å². The van der Waals surface area contributed by atoms with Crippen LogP contribution in [0.1, 0.15) is 19.8 Å². The molecule has 1 amide bonds. The first-order valence-corrected chi connectivity index (χ1v) is 4.66. The minimum Gasteiger partial charge on any atom is -0.469 e. The van der Waals surface area contributed by atoms with Gasteiger partial charge in [0, 0.05) is 13.0 Å². The van der Waals surface area contributed by atoms with Crippen LogP contribution in [0.4, 0.5) is 0 Å². The highest BCUT2D eigenvalue weighted by atomic mass is 16.5. The zero-order valence-electron chi connectivity index (χ0n) is 8.71. The van der Waals surface area contributed by atoms with Crippen LogP contribution >= 0.6 is 0 Å². The van der Waals surface area contributed by atoms with Gasteiger partial charge in [0.2, 0.25) is 5.91 Å². The summed E-state index contributed by atoms with van der Waals surface area (Å²) in [6.45, 7) is 2.52. The van der Waals surface area contributed by atoms with E-state index >= 15 is 0 Å². The van der Waals surface area contributed by atoms with E-state index in [9.17, 15) is 9.59 Å². The molecule has 0 heterocycles. The Hall–Kier alpha value is -1.10. The second-order valence-electron chi connectivity index (χ2n) is 3.12. The molecule has 1 unspecified atom stereocenters. The molecule has 0 spiro atoms. The fourth-order valence-electron chi connectivity index (χ4n) is 0.902. The summed E-state index contributed by atoms with van der Waals surface area (Å²) in [5.74, 6) is -0.697. The molecule has 0 aromatic rings. The smallest absolute Gasteiger partial charge is 0.310 e. The summed E-state index contributed by atoms with van der Waals surface area (Å²) in [5.41, 5.74) is 5.25. The molecule has 0 aliphatic carbocycles. The van der Waals surface area contributed by atoms with Crippen LogP contribution < -0.4 is 11.1 Å². The van der Waals surface area contributed by atoms with Crippen LogP contribution in [0.5, 0.6) is 0 Å². The van der Waals surface area contributed by atoms with Gasteiger partial charge in [0.1, 0.15) is 0 Å². The Kier molecular flexibility index (Phi) is 6.74. The number of methoxy groups -OCH3 is 1. The van der Waals surface area contributed by atoms with Crippen molar-refractivity contribution >= 4 is 11.9 Å². The second kappa shape index (κ2) is 7.32. The van der Waals surface area contributed by atoms with Crippen LogP contribution in [0.3, 0.4) is 0 Å². The average Bonchev–Trinajstić information content (AvgIpc) is 2.21. The molecule has 0 saturated heterocycles. The lowest BCUT2D eigenvalue weighted by molar-refractivity contribution is -0.144. The highest BCUT2D eigenvalue weighted by Gasteiger charge is 2.13. The van der Waals surface area contributed by atoms with Gasteiger partial charge in [-0.05, 0) is 13.0 Å². The summed E-state index contributed by atoms with van der Waals surface area (Å²) >= 11 is 0. The van der Waals surface area contributed by atoms with Crippen LogP contribution in [-0.2, 0) is 14.3 Å². The zero-order chi connectivity index (χ0) is 11.0. The molecule has 0 rings (SSSR count). The first-order chi connectivity index (χ1) is 6.61. The van der Waals surface area contributed by atoms with Crippen LogP contribution in [0.2, 0.25) is 0 Å². The number of ether oxygens (including phenoxy) is 1. The number of hydrogen-bond donors (Lipinski definition) is 2. The number of esters is 1. The summed E-state index contributed by atoms with van der Waals surface area (Å²) < 4.78 is 4.52. The molecule has 1 atom stereocenters. The topological polar surface area (TPSA) is 81.4 Å². The maximum Gasteiger partial charge on any atom is 0.310 e. The lowest BCUT2D eigenvalue weighted by Crippen LogP contribution is -2.32. The standard InChI is InChI=1S/C9H18N2O3/c1-7(9(13)14-2)6-11-8(12)4-3-5-10/h7H,3-6,10H2,1-2H3,(H,11,12). The van der Waals surface area contributed by atoms with Crippen LogP contribution in [-0.4, -0.2) is 32.1 Å². The Balaban J connectivity index is 3.60. The molecule has 0 saturated carbocycles. The van der Waals surface area contributed by atoms with Crippen molar-refractivity contribution in [1.29, 1.82) is 0 Å². The predicted octanol–water partition coefficient (Wildman–Crippen LogP) is -0.349. The molecule has 0 bridgehead atoms. The molecule has 0 fully saturated rings. The minimum atomic E-state index is -0.316. The number of hydrogen-bond acceptors (Lipinski definition) is 4. The summed E-state index contributed by atoms with van der Waals surface area (Å²) in [6.07, 6.45) is 1.07. The molecule has 14 heavy (non-hydrogen) atoms. The third kappa shape index (κ3) is 5.53. The van der Waals surface area contributed by atoms with E-state index < -0.39 is 0 Å². The van der Waals surface area contributed by atoms with Crippen molar-refractivity contribution in [1.82, 2.24) is 5.32 Å². The van der Waals surface area contributed by atoms with Crippen molar-refractivity contribution < 1.29 is 14.3 Å². The molecule has 0 radical (unpaired) electrons. The molecular formula is C9H18N2O3. The van der Waals surface area contributed by atoms with Crippen LogP contribution in [0.25, 0.3) is 0 Å². The van der Waals surface area contributed by atoms with Gasteiger partial charge in [-0.25, -0.2) is 0 Å². The molecule has 0 aromatic carbocycles. The van der Waals surface area contributed by atoms with Gasteiger partial charge in [-0.15, -0.1) is 0 Å². The summed E-state index contributed by atoms with van der Waals surface area (Å²) in [4.78, 5) is 22.0. The number of carbonyl (C=O) groups is 2. The monoisotopic (exact) mass is 202 g/mol.